The molecular weight excluding hydrogens is 645 g/mol. The molecule has 272 valence electrons. The Bertz CT molecular complexity index is 1520. The van der Waals surface area contributed by atoms with Gasteiger partial charge in [-0.05, 0) is 99.5 Å². The zero-order chi connectivity index (χ0) is 35.8. The molecule has 2 aromatic rings. The number of aromatic nitrogens is 1. The second-order valence-electron chi connectivity index (χ2n) is 17.3. The fourth-order valence-corrected chi connectivity index (χ4v) is 8.94. The molecule has 10 heteroatoms. The van der Waals surface area contributed by atoms with Crippen molar-refractivity contribution < 1.29 is 14.3 Å². The predicted octanol–water partition coefficient (Wildman–Crippen LogP) is 6.09. The summed E-state index contributed by atoms with van der Waals surface area (Å²) in [6, 6.07) is 9.68. The third-order valence-electron chi connectivity index (χ3n) is 11.6. The first kappa shape index (κ1) is 37.2. The first-order valence-electron chi connectivity index (χ1n) is 19.2. The van der Waals surface area contributed by atoms with Gasteiger partial charge in [-0.3, -0.25) is 19.6 Å². The molecule has 3 fully saturated rings. The summed E-state index contributed by atoms with van der Waals surface area (Å²) in [6.07, 6.45) is 8.32. The molecule has 2 atom stereocenters. The van der Waals surface area contributed by atoms with E-state index in [1.54, 1.807) is 4.90 Å². The first-order valence-corrected chi connectivity index (χ1v) is 19.6. The molecule has 0 saturated carbocycles. The van der Waals surface area contributed by atoms with Crippen LogP contribution in [0.4, 0.5) is 4.79 Å². The highest BCUT2D eigenvalue weighted by Crippen LogP contribution is 2.39. The quantitative estimate of drug-likeness (QED) is 0.351. The molecule has 6 rings (SSSR count). The Labute approximate surface area is 306 Å². The number of fused-ring (bicyclic) bond motifs is 2. The molecule has 1 aliphatic carbocycles. The molecule has 3 aliphatic heterocycles. The number of hydrogen-bond acceptors (Lipinski definition) is 6. The van der Waals surface area contributed by atoms with Crippen LogP contribution in [0.3, 0.4) is 0 Å². The summed E-state index contributed by atoms with van der Waals surface area (Å²) in [7, 11) is 0.999. The number of ether oxygens (including phenoxy) is 1. The summed E-state index contributed by atoms with van der Waals surface area (Å²) >= 11 is 6.51. The van der Waals surface area contributed by atoms with Gasteiger partial charge in [0.1, 0.15) is 5.60 Å². The van der Waals surface area contributed by atoms with Crippen molar-refractivity contribution in [3.05, 3.63) is 57.9 Å². The van der Waals surface area contributed by atoms with E-state index in [1.807, 2.05) is 26.8 Å². The van der Waals surface area contributed by atoms with Gasteiger partial charge in [-0.1, -0.05) is 56.8 Å². The maximum atomic E-state index is 13.9. The first-order chi connectivity index (χ1) is 23.7. The average molecular weight is 704 g/mol. The number of benzene rings is 1. The number of amides is 2. The molecule has 8 nitrogen and oxygen atoms in total. The van der Waals surface area contributed by atoms with Crippen LogP contribution >= 0.6 is 11.6 Å². The van der Waals surface area contributed by atoms with Crippen LogP contribution in [0.15, 0.2) is 30.5 Å². The summed E-state index contributed by atoms with van der Waals surface area (Å²) in [4.78, 5) is 40.9. The van der Waals surface area contributed by atoms with Gasteiger partial charge in [0.05, 0.1) is 11.7 Å². The molecule has 0 bridgehead atoms. The number of pyridine rings is 1. The highest BCUT2D eigenvalue weighted by Gasteiger charge is 2.42. The zero-order valence-electron chi connectivity index (χ0n) is 31.6. The Morgan fingerprint density at radius 1 is 0.900 bits per heavy atom. The van der Waals surface area contributed by atoms with Crippen LogP contribution in [0.25, 0.3) is 0 Å². The maximum absolute atomic E-state index is 13.9. The van der Waals surface area contributed by atoms with Crippen molar-refractivity contribution in [2.75, 3.05) is 45.8 Å². The van der Waals surface area contributed by atoms with E-state index in [0.717, 1.165) is 83.6 Å². The summed E-state index contributed by atoms with van der Waals surface area (Å²) in [6.45, 7) is 20.8. The van der Waals surface area contributed by atoms with Crippen molar-refractivity contribution in [2.24, 2.45) is 11.3 Å². The number of likely N-dealkylation sites (tertiary alicyclic amines) is 2. The highest BCUT2D eigenvalue weighted by molar-refractivity contribution is 6.51. The molecule has 1 unspecified atom stereocenters. The van der Waals surface area contributed by atoms with Gasteiger partial charge in [0.25, 0.3) is 0 Å². The number of rotatable bonds is 5. The predicted molar refractivity (Wildman–Crippen MR) is 204 cm³/mol. The molecule has 0 spiro atoms. The second-order valence-corrected chi connectivity index (χ2v) is 17.8. The van der Waals surface area contributed by atoms with Gasteiger partial charge in [0, 0.05) is 75.5 Å². The summed E-state index contributed by atoms with van der Waals surface area (Å²) < 4.78 is 5.58. The van der Waals surface area contributed by atoms with E-state index in [2.05, 4.69) is 66.7 Å². The van der Waals surface area contributed by atoms with Crippen molar-refractivity contribution in [1.29, 1.82) is 0 Å². The number of nitrogens with zero attached hydrogens (tertiary/aromatic N) is 5. The molecule has 0 N–H and O–H groups in total. The van der Waals surface area contributed by atoms with E-state index >= 15 is 0 Å². The standard InChI is InChI=1S/C40H59BClN5O3/c1-39(2,3)34-26-46(20-21-47(34)35(48)22-27-12-16-45(17-13-27)38(49)50-40(4,5)6)32-14-18-44(19-15-32)37-33-11-10-31(42)24-28(33)8-9-29-23-30(41-7)25-43-36(29)37/h10-11,23-25,27,32,34,37,41H,8-9,12-22,26H2,1-7H3/t34-,37?/m1/s1. The summed E-state index contributed by atoms with van der Waals surface area (Å²) in [5.41, 5.74) is 6.10. The lowest BCUT2D eigenvalue weighted by Crippen LogP contribution is -2.62. The van der Waals surface area contributed by atoms with Gasteiger partial charge in [-0.25, -0.2) is 4.79 Å². The van der Waals surface area contributed by atoms with Crippen molar-refractivity contribution >= 4 is 36.3 Å². The number of aryl methyl sites for hydroxylation is 2. The number of hydrogen-bond donors (Lipinski definition) is 0. The molecule has 2 amide bonds. The van der Waals surface area contributed by atoms with Gasteiger partial charge >= 0.3 is 6.09 Å². The Hall–Kier alpha value is -2.62. The molecule has 4 heterocycles. The number of piperidine rings is 2. The smallest absolute Gasteiger partial charge is 0.410 e. The van der Waals surface area contributed by atoms with E-state index in [9.17, 15) is 9.59 Å². The van der Waals surface area contributed by atoms with Crippen LogP contribution in [0.5, 0.6) is 0 Å². The topological polar surface area (TPSA) is 69.2 Å². The van der Waals surface area contributed by atoms with Crippen LogP contribution in [-0.4, -0.2) is 107 Å². The van der Waals surface area contributed by atoms with E-state index in [1.165, 1.54) is 27.8 Å². The third kappa shape index (κ3) is 8.53. The normalized spacial score (nSPS) is 23.2. The largest absolute Gasteiger partial charge is 0.444 e. The minimum absolute atomic E-state index is 0.0207. The zero-order valence-corrected chi connectivity index (χ0v) is 32.4. The van der Waals surface area contributed by atoms with Gasteiger partial charge in [0.2, 0.25) is 5.91 Å². The number of halogens is 1. The lowest BCUT2D eigenvalue weighted by molar-refractivity contribution is -0.142. The highest BCUT2D eigenvalue weighted by atomic mass is 35.5. The Balaban J connectivity index is 1.08. The fourth-order valence-electron chi connectivity index (χ4n) is 8.75. The lowest BCUT2D eigenvalue weighted by Gasteiger charge is -2.51. The molecule has 4 aliphatic rings. The number of carbonyl (C=O) groups is 2. The lowest BCUT2D eigenvalue weighted by atomic mass is 9.73. The molecule has 1 aromatic heterocycles. The Morgan fingerprint density at radius 2 is 1.60 bits per heavy atom. The van der Waals surface area contributed by atoms with Crippen molar-refractivity contribution in [2.45, 2.75) is 117 Å². The van der Waals surface area contributed by atoms with Gasteiger partial charge < -0.3 is 14.5 Å². The molecule has 3 saturated heterocycles. The van der Waals surface area contributed by atoms with E-state index in [0.29, 0.717) is 31.5 Å². The maximum Gasteiger partial charge on any atom is 0.410 e. The molecule has 1 aromatic carbocycles. The Kier molecular flexibility index (Phi) is 11.3. The SMILES string of the molecule is CBc1cnc2c(c1)CCc1cc(Cl)ccc1C2N1CCC(N2CCN(C(=O)CC3CCN(C(=O)OC(C)(C)C)CC3)[C@@H](C(C)(C)C)C2)CC1. The third-order valence-corrected chi connectivity index (χ3v) is 11.9. The minimum Gasteiger partial charge on any atom is -0.444 e. The molecule has 0 radical (unpaired) electrons. The van der Waals surface area contributed by atoms with E-state index in [4.69, 9.17) is 21.3 Å². The number of piperazine rings is 1. The van der Waals surface area contributed by atoms with Crippen LogP contribution in [-0.2, 0) is 22.4 Å². The second kappa shape index (κ2) is 15.2. The van der Waals surface area contributed by atoms with Crippen molar-refractivity contribution in [3.8, 4) is 0 Å². The van der Waals surface area contributed by atoms with Gasteiger partial charge in [-0.2, -0.15) is 0 Å². The molecule has 50 heavy (non-hydrogen) atoms. The van der Waals surface area contributed by atoms with Crippen LogP contribution in [0.1, 0.15) is 102 Å². The van der Waals surface area contributed by atoms with Gasteiger partial charge in [0.15, 0.2) is 7.28 Å². The molecular formula is C40H59BClN5O3. The van der Waals surface area contributed by atoms with Crippen molar-refractivity contribution in [3.63, 3.8) is 0 Å². The van der Waals surface area contributed by atoms with Crippen LogP contribution < -0.4 is 5.46 Å². The average Bonchev–Trinajstić information content (AvgIpc) is 3.23. The van der Waals surface area contributed by atoms with Crippen molar-refractivity contribution in [1.82, 2.24) is 24.6 Å². The Morgan fingerprint density at radius 3 is 2.26 bits per heavy atom. The fraction of sp³-hybridized carbons (Fsp3) is 0.675. The van der Waals surface area contributed by atoms with Crippen LogP contribution in [0.2, 0.25) is 11.8 Å². The minimum atomic E-state index is -0.496. The monoisotopic (exact) mass is 703 g/mol. The summed E-state index contributed by atoms with van der Waals surface area (Å²) in [5.74, 6) is 0.585. The van der Waals surface area contributed by atoms with Gasteiger partial charge in [-0.15, -0.1) is 0 Å². The number of carbonyl (C=O) groups excluding carboxylic acids is 2. The van der Waals surface area contributed by atoms with E-state index < -0.39 is 5.60 Å². The van der Waals surface area contributed by atoms with Crippen LogP contribution in [0, 0.1) is 11.3 Å². The summed E-state index contributed by atoms with van der Waals surface area (Å²) in [5, 5.41) is 0.809. The van der Waals surface area contributed by atoms with E-state index in [-0.39, 0.29) is 29.5 Å².